The quantitative estimate of drug-likeness (QED) is 0.0470. The van der Waals surface area contributed by atoms with Gasteiger partial charge in [-0.3, -0.25) is 14.2 Å². The molecule has 4 N–H and O–H groups in total. The van der Waals surface area contributed by atoms with Crippen LogP contribution in [-0.4, -0.2) is 67.7 Å². The van der Waals surface area contributed by atoms with Crippen LogP contribution in [0.4, 0.5) is 0 Å². The molecule has 1 heterocycles. The van der Waals surface area contributed by atoms with Gasteiger partial charge in [0.2, 0.25) is 5.79 Å². The summed E-state index contributed by atoms with van der Waals surface area (Å²) in [7, 11) is -6.39. The fourth-order valence-electron chi connectivity index (χ4n) is 5.12. The van der Waals surface area contributed by atoms with E-state index in [4.69, 9.17) is 48.5 Å². The van der Waals surface area contributed by atoms with Crippen LogP contribution in [0.15, 0.2) is 42.5 Å². The molecule has 0 amide bonds. The summed E-state index contributed by atoms with van der Waals surface area (Å²) < 4.78 is 37.9. The van der Waals surface area contributed by atoms with Gasteiger partial charge in [-0.25, -0.2) is 0 Å². The third-order valence-electron chi connectivity index (χ3n) is 6.88. The zero-order valence-electron chi connectivity index (χ0n) is 28.5. The summed E-state index contributed by atoms with van der Waals surface area (Å²) in [6, 6.07) is 13.0. The largest absolute Gasteiger partial charge is 0.494 e. The molecule has 0 aromatic heterocycles. The number of nitrogens with one attached hydrogen (secondary N) is 1. The van der Waals surface area contributed by atoms with Crippen LogP contribution in [0.5, 0.6) is 5.75 Å². The first kappa shape index (κ1) is 40.0. The van der Waals surface area contributed by atoms with Gasteiger partial charge in [0.25, 0.3) is 0 Å². The van der Waals surface area contributed by atoms with Gasteiger partial charge in [0, 0.05) is 16.1 Å². The van der Waals surface area contributed by atoms with Crippen LogP contribution < -0.4 is 14.8 Å². The lowest BCUT2D eigenvalue weighted by atomic mass is 9.86. The minimum Gasteiger partial charge on any atom is -0.494 e. The van der Waals surface area contributed by atoms with E-state index in [1.165, 1.54) is 0 Å². The molecule has 0 radical (unpaired) electrons. The first-order valence-electron chi connectivity index (χ1n) is 15.3. The number of nitrogens with two attached hydrogens (primary N) is 1. The molecular weight excluding hydrogens is 700 g/mol. The molecule has 10 nitrogen and oxygen atoms in total. The van der Waals surface area contributed by atoms with Crippen LogP contribution in [0.2, 0.25) is 63.9 Å². The van der Waals surface area contributed by atoms with Crippen LogP contribution in [0.3, 0.4) is 0 Å². The topological polar surface area (TPSA) is 123 Å². The van der Waals surface area contributed by atoms with Crippen molar-refractivity contribution in [1.82, 2.24) is 4.89 Å². The molecule has 0 spiro atoms. The maximum Gasteiger partial charge on any atom is 0.224 e. The van der Waals surface area contributed by atoms with Crippen molar-refractivity contribution >= 4 is 61.6 Å². The SMILES string of the molecule is CCOc1ccc(C(O[Si](C)(C)C)c2cc([C@]3(O)O[C@H](CO[Si](C)(C)C)[C@@H](OSN)[C@H](O[Si](C)(C)C)[C@H]3ONS)ccc2Cl)cc1. The Balaban J connectivity index is 2.21. The number of hydrogen-bond donors (Lipinski definition) is 4. The van der Waals surface area contributed by atoms with Crippen molar-refractivity contribution in [2.45, 2.75) is 102 Å². The highest BCUT2D eigenvalue weighted by molar-refractivity contribution is 7.92. The molecule has 1 aliphatic rings. The monoisotopic (exact) mass is 750 g/mol. The van der Waals surface area contributed by atoms with Crippen molar-refractivity contribution in [2.24, 2.45) is 5.14 Å². The number of benzene rings is 2. The van der Waals surface area contributed by atoms with E-state index in [-0.39, 0.29) is 6.61 Å². The molecule has 6 atom stereocenters. The Bertz CT molecular complexity index is 1270. The molecule has 0 aliphatic carbocycles. The second-order valence-electron chi connectivity index (χ2n) is 14.1. The van der Waals surface area contributed by atoms with Crippen LogP contribution in [0.1, 0.15) is 29.7 Å². The van der Waals surface area contributed by atoms with Gasteiger partial charge >= 0.3 is 0 Å². The predicted octanol–water partition coefficient (Wildman–Crippen LogP) is 6.94. The number of rotatable bonds is 16. The summed E-state index contributed by atoms with van der Waals surface area (Å²) in [5.74, 6) is -1.30. The summed E-state index contributed by atoms with van der Waals surface area (Å²) in [4.78, 5) is 8.36. The van der Waals surface area contributed by atoms with Gasteiger partial charge in [-0.2, -0.15) is 0 Å². The minimum absolute atomic E-state index is 0.143. The second-order valence-corrected chi connectivity index (χ2v) is 28.5. The molecule has 2 aromatic carbocycles. The number of halogens is 1. The third kappa shape index (κ3) is 11.0. The standard InChI is InChI=1S/C30H51ClN2O8S2Si3/c1-11-35-22-15-12-20(13-16-22)26(40-45(5,6)7)23-18-21(14-17-24(23)31)30(34)29(38-33-42)28(41-46(8,9)10)27(39-43-32)25(37-30)19-36-44(2,3)4/h12-18,25-29,33-34,42H,11,19,32H2,1-10H3/t25-,26?,27-,28+,29-,30+/m1/s1. The summed E-state index contributed by atoms with van der Waals surface area (Å²) in [5, 5.41) is 19.0. The van der Waals surface area contributed by atoms with Crippen molar-refractivity contribution < 1.29 is 36.9 Å². The van der Waals surface area contributed by atoms with Crippen LogP contribution in [0.25, 0.3) is 0 Å². The average molecular weight is 752 g/mol. The maximum absolute atomic E-state index is 12.7. The van der Waals surface area contributed by atoms with E-state index in [1.807, 2.05) is 50.8 Å². The van der Waals surface area contributed by atoms with Gasteiger partial charge in [0.1, 0.15) is 24.1 Å². The Hall–Kier alpha value is -0.479. The zero-order valence-corrected chi connectivity index (χ0v) is 33.9. The van der Waals surface area contributed by atoms with E-state index in [0.29, 0.717) is 35.0 Å². The van der Waals surface area contributed by atoms with Crippen molar-refractivity contribution in [2.75, 3.05) is 13.2 Å². The second kappa shape index (κ2) is 16.5. The molecule has 0 saturated carbocycles. The molecular formula is C30H51ClN2O8S2Si3. The highest BCUT2D eigenvalue weighted by Gasteiger charge is 2.59. The normalized spacial score (nSPS) is 25.0. The van der Waals surface area contributed by atoms with E-state index in [1.54, 1.807) is 18.2 Å². The van der Waals surface area contributed by atoms with E-state index in [2.05, 4.69) is 57.0 Å². The lowest BCUT2D eigenvalue weighted by Crippen LogP contribution is -2.67. The fraction of sp³-hybridized carbons (Fsp3) is 0.600. The summed E-state index contributed by atoms with van der Waals surface area (Å²) in [6.45, 7) is 21.4. The van der Waals surface area contributed by atoms with Crippen molar-refractivity contribution in [1.29, 1.82) is 0 Å². The number of ether oxygens (including phenoxy) is 2. The smallest absolute Gasteiger partial charge is 0.224 e. The third-order valence-corrected chi connectivity index (χ3v) is 10.6. The Kier molecular flexibility index (Phi) is 14.3. The van der Waals surface area contributed by atoms with E-state index >= 15 is 0 Å². The Morgan fingerprint density at radius 3 is 2.17 bits per heavy atom. The summed E-state index contributed by atoms with van der Waals surface area (Å²) >= 11 is 11.7. The molecule has 3 rings (SSSR count). The molecule has 1 aliphatic heterocycles. The van der Waals surface area contributed by atoms with Crippen molar-refractivity contribution in [3.8, 4) is 5.75 Å². The molecule has 1 unspecified atom stereocenters. The van der Waals surface area contributed by atoms with Gasteiger partial charge < -0.3 is 27.9 Å². The van der Waals surface area contributed by atoms with Crippen LogP contribution in [-0.2, 0) is 32.8 Å². The fourth-order valence-corrected chi connectivity index (χ4v) is 8.52. The number of hydrogen-bond acceptors (Lipinski definition) is 12. The van der Waals surface area contributed by atoms with Gasteiger partial charge in [-0.1, -0.05) is 42.6 Å². The Morgan fingerprint density at radius 2 is 1.65 bits per heavy atom. The minimum atomic E-state index is -2.27. The molecule has 1 fully saturated rings. The maximum atomic E-state index is 12.7. The lowest BCUT2D eigenvalue weighted by Gasteiger charge is -2.51. The van der Waals surface area contributed by atoms with Crippen molar-refractivity contribution in [3.05, 3.63) is 64.2 Å². The number of aliphatic hydroxyl groups is 1. The molecule has 2 aromatic rings. The van der Waals surface area contributed by atoms with Gasteiger partial charge in [-0.15, -0.1) is 4.89 Å². The first-order valence-corrected chi connectivity index (χ1v) is 27.2. The zero-order chi connectivity index (χ0) is 34.5. The highest BCUT2D eigenvalue weighted by atomic mass is 35.5. The molecule has 1 saturated heterocycles. The molecule has 0 bridgehead atoms. The summed E-state index contributed by atoms with van der Waals surface area (Å²) in [5.41, 5.74) is 1.94. The van der Waals surface area contributed by atoms with E-state index < -0.39 is 61.3 Å². The van der Waals surface area contributed by atoms with Crippen molar-refractivity contribution in [3.63, 3.8) is 0 Å². The molecule has 46 heavy (non-hydrogen) atoms. The predicted molar refractivity (Wildman–Crippen MR) is 195 cm³/mol. The molecule has 260 valence electrons. The van der Waals surface area contributed by atoms with E-state index in [9.17, 15) is 5.11 Å². The van der Waals surface area contributed by atoms with Gasteiger partial charge in [-0.05, 0) is 95.7 Å². The molecule has 16 heteroatoms. The lowest BCUT2D eigenvalue weighted by molar-refractivity contribution is -0.362. The number of thiol groups is 1. The van der Waals surface area contributed by atoms with Crippen LogP contribution in [0, 0.1) is 0 Å². The van der Waals surface area contributed by atoms with Gasteiger partial charge in [0.05, 0.1) is 31.5 Å². The first-order chi connectivity index (χ1) is 21.3. The van der Waals surface area contributed by atoms with Gasteiger partial charge in [0.15, 0.2) is 31.1 Å². The Labute approximate surface area is 292 Å². The van der Waals surface area contributed by atoms with Crippen LogP contribution >= 0.6 is 36.6 Å². The average Bonchev–Trinajstić information content (AvgIpc) is 2.94. The Morgan fingerprint density at radius 1 is 1.00 bits per heavy atom. The highest BCUT2D eigenvalue weighted by Crippen LogP contribution is 2.44. The summed E-state index contributed by atoms with van der Waals surface area (Å²) in [6.07, 6.45) is -4.02. The van der Waals surface area contributed by atoms with E-state index in [0.717, 1.165) is 11.3 Å².